The molecule has 404 valence electrons. The highest BCUT2D eigenvalue weighted by molar-refractivity contribution is 5.95. The van der Waals surface area contributed by atoms with Crippen LogP contribution in [0.5, 0.6) is 5.75 Å². The first-order valence-corrected chi connectivity index (χ1v) is 25.4. The smallest absolute Gasteiger partial charge is 0.335 e. The molecule has 2 bridgehead atoms. The Morgan fingerprint density at radius 2 is 1.66 bits per heavy atom. The van der Waals surface area contributed by atoms with Crippen molar-refractivity contribution < 1.29 is 68.6 Å². The number of aliphatic hydroxyl groups is 3. The monoisotopic (exact) mass is 1050 g/mol. The van der Waals surface area contributed by atoms with Gasteiger partial charge in [-0.05, 0) is 73.5 Å². The number of carboxylic acids is 2. The molecule has 1 spiro atoms. The standard InChI is InChI=1S/C51H58N6O9.C4H6O6/c1-7-31-22-32-25-50(47(60)65-6,42-36(28-55(26-31)27-32)35-12-9-10-13-39(35)53-42)38-23-37-40(24-41(38)64-5)54(4)45-49(37)19-21-56-20-11-18-48(8-2,44(49)56)46(66-30(3)58)51(45,61)29-52-43(59)33-14-16-34(17-15-33)57(62)63;5-1(3(7)8)2(6)4(9)10/h9-18,22-24,32,44-46,53,61H,7-8,19-21,25-29H2,1-6H3,(H,52,59);1-2,5-6H,(H,7,8)(H,9,10)/t32-,44-,45+,46+,48+,49+,50-,51-;/m0./s1. The Labute approximate surface area is 437 Å². The minimum absolute atomic E-state index is 0.000672. The third kappa shape index (κ3) is 8.30. The topological polar surface area (TPSA) is 295 Å². The zero-order valence-corrected chi connectivity index (χ0v) is 43.1. The van der Waals surface area contributed by atoms with Crippen LogP contribution in [-0.2, 0) is 46.0 Å². The number of H-pyrrole nitrogens is 1. The summed E-state index contributed by atoms with van der Waals surface area (Å²) in [7, 11) is 5.00. The number of nitro groups is 1. The first-order valence-electron chi connectivity index (χ1n) is 25.4. The lowest BCUT2D eigenvalue weighted by atomic mass is 9.47. The van der Waals surface area contributed by atoms with Crippen molar-refractivity contribution in [3.8, 4) is 5.75 Å². The quantitative estimate of drug-likeness (QED) is 0.0434. The van der Waals surface area contributed by atoms with Crippen LogP contribution in [0.4, 0.5) is 11.4 Å². The molecule has 21 heteroatoms. The van der Waals surface area contributed by atoms with E-state index in [0.717, 1.165) is 52.9 Å². The zero-order valence-electron chi connectivity index (χ0n) is 43.1. The number of amides is 1. The molecule has 5 aliphatic heterocycles. The van der Waals surface area contributed by atoms with Crippen LogP contribution in [0.2, 0.25) is 0 Å². The lowest BCUT2D eigenvalue weighted by molar-refractivity contribution is -0.384. The number of carboxylic acid groups (broad SMARTS) is 2. The number of rotatable bonds is 13. The van der Waals surface area contributed by atoms with Gasteiger partial charge < -0.3 is 54.9 Å². The van der Waals surface area contributed by atoms with Crippen molar-refractivity contribution in [2.45, 2.75) is 99.8 Å². The summed E-state index contributed by atoms with van der Waals surface area (Å²) in [5.41, 5.74) is 1.45. The molecule has 76 heavy (non-hydrogen) atoms. The van der Waals surface area contributed by atoms with Gasteiger partial charge in [-0.2, -0.15) is 0 Å². The van der Waals surface area contributed by atoms with Crippen molar-refractivity contribution in [2.24, 2.45) is 11.3 Å². The van der Waals surface area contributed by atoms with Crippen LogP contribution in [0.15, 0.2) is 84.5 Å². The lowest BCUT2D eigenvalue weighted by Gasteiger charge is -2.64. The number of fused-ring (bicyclic) bond motifs is 6. The van der Waals surface area contributed by atoms with Gasteiger partial charge in [0.25, 0.3) is 11.6 Å². The first kappa shape index (κ1) is 53.6. The molecule has 1 saturated carbocycles. The molecule has 1 aromatic heterocycles. The van der Waals surface area contributed by atoms with Crippen LogP contribution in [0.1, 0.15) is 79.2 Å². The van der Waals surface area contributed by atoms with Gasteiger partial charge in [0.05, 0.1) is 31.7 Å². The third-order valence-electron chi connectivity index (χ3n) is 17.0. The van der Waals surface area contributed by atoms with E-state index >= 15 is 4.79 Å². The summed E-state index contributed by atoms with van der Waals surface area (Å²) >= 11 is 0. The normalized spacial score (nSPS) is 29.6. The summed E-state index contributed by atoms with van der Waals surface area (Å²) < 4.78 is 18.8. The number of nitrogens with zero attached hydrogens (tertiary/aromatic N) is 4. The average Bonchev–Trinajstić information content (AvgIpc) is 4.17. The summed E-state index contributed by atoms with van der Waals surface area (Å²) in [6.07, 6.45) is 3.33. The average molecular weight is 1050 g/mol. The molecule has 3 aromatic carbocycles. The van der Waals surface area contributed by atoms with E-state index in [1.54, 1.807) is 7.11 Å². The molecule has 1 aliphatic carbocycles. The summed E-state index contributed by atoms with van der Waals surface area (Å²) in [4.78, 5) is 83.8. The highest BCUT2D eigenvalue weighted by Crippen LogP contribution is 2.68. The number of aliphatic hydroxyl groups excluding tert-OH is 2. The molecule has 21 nitrogen and oxygen atoms in total. The Morgan fingerprint density at radius 1 is 0.961 bits per heavy atom. The van der Waals surface area contributed by atoms with E-state index in [4.69, 9.17) is 34.6 Å². The number of hydrogen-bond donors (Lipinski definition) is 7. The second-order valence-corrected chi connectivity index (χ2v) is 20.9. The first-order chi connectivity index (χ1) is 36.2. The fourth-order valence-corrected chi connectivity index (χ4v) is 14.1. The largest absolute Gasteiger partial charge is 0.496 e. The number of non-ortho nitro benzene ring substituents is 1. The molecule has 6 aliphatic rings. The number of nitrogens with one attached hydrogen (secondary N) is 2. The second-order valence-electron chi connectivity index (χ2n) is 20.9. The zero-order chi connectivity index (χ0) is 54.8. The van der Waals surface area contributed by atoms with Crippen molar-refractivity contribution in [3.05, 3.63) is 123 Å². The van der Waals surface area contributed by atoms with Gasteiger partial charge in [-0.1, -0.05) is 55.8 Å². The third-order valence-corrected chi connectivity index (χ3v) is 17.0. The molecule has 0 radical (unpaired) electrons. The molecule has 6 heterocycles. The minimum atomic E-state index is -2.27. The molecule has 7 N–H and O–H groups in total. The van der Waals surface area contributed by atoms with Gasteiger partial charge in [-0.3, -0.25) is 34.3 Å². The number of esters is 2. The Bertz CT molecular complexity index is 3050. The molecule has 4 aromatic rings. The van der Waals surface area contributed by atoms with Crippen LogP contribution >= 0.6 is 0 Å². The van der Waals surface area contributed by atoms with E-state index in [1.165, 1.54) is 43.9 Å². The van der Waals surface area contributed by atoms with E-state index in [1.807, 2.05) is 25.2 Å². The molecular formula is C55H64N6O15. The molecule has 3 unspecified atom stereocenters. The number of anilines is 1. The van der Waals surface area contributed by atoms with Crippen molar-refractivity contribution >= 4 is 52.1 Å². The minimum Gasteiger partial charge on any atom is -0.496 e. The molecule has 1 saturated heterocycles. The number of methoxy groups -OCH3 is 2. The number of nitro benzene ring substituents is 1. The van der Waals surface area contributed by atoms with Gasteiger partial charge in [0.2, 0.25) is 0 Å². The van der Waals surface area contributed by atoms with Gasteiger partial charge in [-0.25, -0.2) is 9.59 Å². The van der Waals surface area contributed by atoms with Gasteiger partial charge in [-0.15, -0.1) is 0 Å². The predicted molar refractivity (Wildman–Crippen MR) is 275 cm³/mol. The maximum Gasteiger partial charge on any atom is 0.335 e. The van der Waals surface area contributed by atoms with E-state index in [9.17, 15) is 34.4 Å². The number of para-hydroxylation sites is 1. The van der Waals surface area contributed by atoms with Crippen molar-refractivity contribution in [3.63, 3.8) is 0 Å². The number of aromatic amines is 1. The van der Waals surface area contributed by atoms with Crippen LogP contribution < -0.4 is 15.0 Å². The molecule has 2 fully saturated rings. The van der Waals surface area contributed by atoms with Gasteiger partial charge in [0, 0.05) is 109 Å². The van der Waals surface area contributed by atoms with Crippen LogP contribution in [0, 0.1) is 21.4 Å². The van der Waals surface area contributed by atoms with Crippen molar-refractivity contribution in [1.82, 2.24) is 20.1 Å². The van der Waals surface area contributed by atoms with Crippen LogP contribution in [0.25, 0.3) is 10.9 Å². The van der Waals surface area contributed by atoms with Crippen molar-refractivity contribution in [2.75, 3.05) is 58.9 Å². The summed E-state index contributed by atoms with van der Waals surface area (Å²) in [6.45, 7) is 8.84. The Kier molecular flexibility index (Phi) is 14.2. The number of likely N-dealkylation sites (N-methyl/N-ethyl adjacent to an activating group) is 1. The van der Waals surface area contributed by atoms with E-state index < -0.39 is 80.9 Å². The van der Waals surface area contributed by atoms with E-state index in [2.05, 4.69) is 75.3 Å². The lowest BCUT2D eigenvalue weighted by Crippen LogP contribution is -2.81. The number of carbonyl (C=O) groups excluding carboxylic acids is 3. The van der Waals surface area contributed by atoms with Crippen molar-refractivity contribution in [1.29, 1.82) is 0 Å². The van der Waals surface area contributed by atoms with E-state index in [0.29, 0.717) is 50.2 Å². The second kappa shape index (κ2) is 20.1. The number of hydrogen-bond acceptors (Lipinski definition) is 16. The van der Waals surface area contributed by atoms with E-state index in [-0.39, 0.29) is 29.8 Å². The molecule has 11 atom stereocenters. The predicted octanol–water partition coefficient (Wildman–Crippen LogP) is 3.80. The van der Waals surface area contributed by atoms with Gasteiger partial charge in [0.15, 0.2) is 12.2 Å². The SMILES string of the molecule is CCC1=C[C@@H]2CN(C1)Cc1c([nH]c3ccccc13)[C@@](C(=O)OC)(c1cc3c(cc1OC)N(C)[C@H]1[C@@](O)(CNC(=O)c4ccc([N+](=O)[O-])cc4)[C@H](OC(C)=O)[C@]4(CC)C=CCN5CC[C@]31[C@@H]54)C2.O=C(O)C(O)C(O)C(=O)O. The highest BCUT2D eigenvalue weighted by Gasteiger charge is 2.78. The maximum absolute atomic E-state index is 15.3. The molecular weight excluding hydrogens is 985 g/mol. The van der Waals surface area contributed by atoms with Gasteiger partial charge in [0.1, 0.15) is 22.9 Å². The summed E-state index contributed by atoms with van der Waals surface area (Å²) in [5, 5.41) is 61.9. The molecule has 10 rings (SSSR count). The van der Waals surface area contributed by atoms with Crippen LogP contribution in [-0.4, -0.2) is 165 Å². The molecule has 1 amide bonds. The Balaban J connectivity index is 0.000000641. The fraction of sp³-hybridized carbons (Fsp3) is 0.473. The number of carbonyl (C=O) groups is 5. The number of ether oxygens (including phenoxy) is 3. The Morgan fingerprint density at radius 3 is 2.28 bits per heavy atom. The summed E-state index contributed by atoms with van der Waals surface area (Å²) in [6, 6.07) is 16.6. The van der Waals surface area contributed by atoms with Crippen LogP contribution in [0.3, 0.4) is 0 Å². The Hall–Kier alpha value is -7.17. The number of aliphatic carboxylic acids is 2. The summed E-state index contributed by atoms with van der Waals surface area (Å²) in [5.74, 6) is -4.56. The number of aromatic nitrogens is 1. The fourth-order valence-electron chi connectivity index (χ4n) is 14.1. The maximum atomic E-state index is 15.3. The van der Waals surface area contributed by atoms with Gasteiger partial charge >= 0.3 is 23.9 Å². The number of benzene rings is 3. The highest BCUT2D eigenvalue weighted by atomic mass is 16.6.